The van der Waals surface area contributed by atoms with E-state index in [2.05, 4.69) is 23.9 Å². The lowest BCUT2D eigenvalue weighted by molar-refractivity contribution is 0.530. The number of hydrogen-bond acceptors (Lipinski definition) is 4. The Kier molecular flexibility index (Phi) is 7.87. The van der Waals surface area contributed by atoms with Crippen molar-refractivity contribution in [1.82, 2.24) is 10.0 Å². The molecule has 0 spiro atoms. The lowest BCUT2D eigenvalue weighted by Gasteiger charge is -2.10. The van der Waals surface area contributed by atoms with Gasteiger partial charge in [-0.3, -0.25) is 0 Å². The SMILES string of the molecule is CCNCc1scc(C)c1S(=O)(=O)NCCCCC(C)C. The van der Waals surface area contributed by atoms with Crippen molar-refractivity contribution < 1.29 is 8.42 Å². The molecule has 1 heterocycles. The second-order valence-corrected chi connectivity index (χ2v) is 8.41. The first-order chi connectivity index (χ1) is 9.88. The molecule has 0 fully saturated rings. The molecule has 0 aliphatic heterocycles. The second kappa shape index (κ2) is 8.88. The number of nitrogens with one attached hydrogen (secondary N) is 2. The normalized spacial score (nSPS) is 12.2. The van der Waals surface area contributed by atoms with Crippen LogP contribution in [0.25, 0.3) is 0 Å². The summed E-state index contributed by atoms with van der Waals surface area (Å²) >= 11 is 1.51. The first-order valence-corrected chi connectivity index (χ1v) is 10.0. The summed E-state index contributed by atoms with van der Waals surface area (Å²) < 4.78 is 27.7. The highest BCUT2D eigenvalue weighted by atomic mass is 32.2. The summed E-state index contributed by atoms with van der Waals surface area (Å²) in [6, 6.07) is 0. The summed E-state index contributed by atoms with van der Waals surface area (Å²) in [5.41, 5.74) is 0.836. The molecule has 0 amide bonds. The van der Waals surface area contributed by atoms with Gasteiger partial charge in [0.05, 0.1) is 0 Å². The van der Waals surface area contributed by atoms with E-state index in [9.17, 15) is 8.42 Å². The average Bonchev–Trinajstić information content (AvgIpc) is 2.77. The minimum atomic E-state index is -3.39. The first kappa shape index (κ1) is 18.6. The molecule has 1 aromatic rings. The van der Waals surface area contributed by atoms with Gasteiger partial charge in [0.1, 0.15) is 4.90 Å². The van der Waals surface area contributed by atoms with Gasteiger partial charge < -0.3 is 5.32 Å². The van der Waals surface area contributed by atoms with Gasteiger partial charge in [0.15, 0.2) is 0 Å². The standard InChI is InChI=1S/C15H28N2O2S2/c1-5-16-10-14-15(13(4)11-20-14)21(18,19)17-9-7-6-8-12(2)3/h11-12,16-17H,5-10H2,1-4H3. The van der Waals surface area contributed by atoms with Crippen molar-refractivity contribution in [2.75, 3.05) is 13.1 Å². The third-order valence-corrected chi connectivity index (χ3v) is 6.22. The van der Waals surface area contributed by atoms with E-state index in [1.807, 2.05) is 19.2 Å². The topological polar surface area (TPSA) is 58.2 Å². The molecule has 0 aliphatic carbocycles. The number of sulfonamides is 1. The highest BCUT2D eigenvalue weighted by Gasteiger charge is 2.22. The molecule has 122 valence electrons. The first-order valence-electron chi connectivity index (χ1n) is 7.65. The maximum Gasteiger partial charge on any atom is 0.241 e. The molecule has 4 nitrogen and oxygen atoms in total. The summed E-state index contributed by atoms with van der Waals surface area (Å²) in [5, 5.41) is 5.11. The summed E-state index contributed by atoms with van der Waals surface area (Å²) in [7, 11) is -3.39. The molecule has 0 atom stereocenters. The van der Waals surface area contributed by atoms with Crippen LogP contribution in [-0.4, -0.2) is 21.5 Å². The molecule has 1 rings (SSSR count). The number of hydrogen-bond donors (Lipinski definition) is 2. The van der Waals surface area contributed by atoms with Crippen LogP contribution in [0.3, 0.4) is 0 Å². The zero-order valence-electron chi connectivity index (χ0n) is 13.5. The van der Waals surface area contributed by atoms with Crippen molar-refractivity contribution in [3.8, 4) is 0 Å². The molecule has 0 saturated carbocycles. The Hall–Kier alpha value is -0.430. The molecule has 0 aliphatic rings. The highest BCUT2D eigenvalue weighted by molar-refractivity contribution is 7.89. The second-order valence-electron chi connectivity index (χ2n) is 5.74. The van der Waals surface area contributed by atoms with Crippen LogP contribution in [0.15, 0.2) is 10.3 Å². The number of rotatable bonds is 10. The monoisotopic (exact) mass is 332 g/mol. The Morgan fingerprint density at radius 1 is 1.29 bits per heavy atom. The van der Waals surface area contributed by atoms with Gasteiger partial charge in [0.2, 0.25) is 10.0 Å². The zero-order valence-corrected chi connectivity index (χ0v) is 15.2. The third-order valence-electron chi connectivity index (χ3n) is 3.29. The van der Waals surface area contributed by atoms with Gasteiger partial charge in [-0.1, -0.05) is 33.6 Å². The fraction of sp³-hybridized carbons (Fsp3) is 0.733. The van der Waals surface area contributed by atoms with Crippen LogP contribution in [0.4, 0.5) is 0 Å². The summed E-state index contributed by atoms with van der Waals surface area (Å²) in [4.78, 5) is 1.36. The zero-order chi connectivity index (χ0) is 15.9. The van der Waals surface area contributed by atoms with E-state index < -0.39 is 10.0 Å². The molecule has 2 N–H and O–H groups in total. The predicted octanol–water partition coefficient (Wildman–Crippen LogP) is 3.27. The highest BCUT2D eigenvalue weighted by Crippen LogP contribution is 2.26. The Bertz CT molecular complexity index is 522. The maximum atomic E-state index is 12.5. The Labute approximate surface area is 133 Å². The maximum absolute atomic E-state index is 12.5. The molecule has 0 unspecified atom stereocenters. The largest absolute Gasteiger partial charge is 0.312 e. The van der Waals surface area contributed by atoms with Gasteiger partial charge in [-0.25, -0.2) is 13.1 Å². The van der Waals surface area contributed by atoms with Gasteiger partial charge in [-0.15, -0.1) is 11.3 Å². The summed E-state index contributed by atoms with van der Waals surface area (Å²) in [6.07, 6.45) is 3.10. The molecule has 21 heavy (non-hydrogen) atoms. The molecule has 0 radical (unpaired) electrons. The molecular formula is C15H28N2O2S2. The number of unbranched alkanes of at least 4 members (excludes halogenated alkanes) is 1. The van der Waals surface area contributed by atoms with E-state index in [1.165, 1.54) is 11.3 Å². The summed E-state index contributed by atoms with van der Waals surface area (Å²) in [5.74, 6) is 0.674. The quantitative estimate of drug-likeness (QED) is 0.647. The minimum absolute atomic E-state index is 0.470. The van der Waals surface area contributed by atoms with Gasteiger partial charge in [-0.05, 0) is 36.8 Å². The molecular weight excluding hydrogens is 304 g/mol. The van der Waals surface area contributed by atoms with Crippen LogP contribution >= 0.6 is 11.3 Å². The van der Waals surface area contributed by atoms with E-state index >= 15 is 0 Å². The van der Waals surface area contributed by atoms with E-state index in [1.54, 1.807) is 0 Å². The van der Waals surface area contributed by atoms with Crippen LogP contribution in [0, 0.1) is 12.8 Å². The van der Waals surface area contributed by atoms with Crippen molar-refractivity contribution in [3.63, 3.8) is 0 Å². The fourth-order valence-corrected chi connectivity index (χ4v) is 5.02. The predicted molar refractivity (Wildman–Crippen MR) is 90.3 cm³/mol. The van der Waals surface area contributed by atoms with Crippen molar-refractivity contribution in [3.05, 3.63) is 15.8 Å². The average molecular weight is 333 g/mol. The molecule has 6 heteroatoms. The van der Waals surface area contributed by atoms with Crippen LogP contribution < -0.4 is 10.0 Å². The van der Waals surface area contributed by atoms with Crippen LogP contribution in [-0.2, 0) is 16.6 Å². The minimum Gasteiger partial charge on any atom is -0.312 e. The smallest absolute Gasteiger partial charge is 0.241 e. The lowest BCUT2D eigenvalue weighted by atomic mass is 10.1. The third kappa shape index (κ3) is 6.06. The van der Waals surface area contributed by atoms with Crippen LogP contribution in [0.5, 0.6) is 0 Å². The van der Waals surface area contributed by atoms with E-state index in [0.29, 0.717) is 23.9 Å². The van der Waals surface area contributed by atoms with Gasteiger partial charge in [0.25, 0.3) is 0 Å². The molecule has 0 saturated heterocycles. The molecule has 0 bridgehead atoms. The van der Waals surface area contributed by atoms with E-state index in [0.717, 1.165) is 36.2 Å². The van der Waals surface area contributed by atoms with E-state index in [4.69, 9.17) is 0 Å². The van der Waals surface area contributed by atoms with Crippen molar-refractivity contribution in [2.24, 2.45) is 5.92 Å². The summed E-state index contributed by atoms with van der Waals surface area (Å²) in [6.45, 7) is 10.2. The molecule has 1 aromatic heterocycles. The van der Waals surface area contributed by atoms with Crippen molar-refractivity contribution in [2.45, 2.75) is 58.4 Å². The van der Waals surface area contributed by atoms with Crippen molar-refractivity contribution >= 4 is 21.4 Å². The van der Waals surface area contributed by atoms with Crippen molar-refractivity contribution in [1.29, 1.82) is 0 Å². The van der Waals surface area contributed by atoms with E-state index in [-0.39, 0.29) is 0 Å². The van der Waals surface area contributed by atoms with Crippen LogP contribution in [0.1, 0.15) is 50.5 Å². The Morgan fingerprint density at radius 3 is 2.62 bits per heavy atom. The number of aryl methyl sites for hydroxylation is 1. The lowest BCUT2D eigenvalue weighted by Crippen LogP contribution is -2.26. The number of thiophene rings is 1. The van der Waals surface area contributed by atoms with Gasteiger partial charge in [-0.2, -0.15) is 0 Å². The van der Waals surface area contributed by atoms with Gasteiger partial charge in [0, 0.05) is 18.0 Å². The Balaban J connectivity index is 2.63. The Morgan fingerprint density at radius 2 is 2.00 bits per heavy atom. The fourth-order valence-electron chi connectivity index (χ4n) is 2.17. The molecule has 0 aromatic carbocycles. The van der Waals surface area contributed by atoms with Gasteiger partial charge >= 0.3 is 0 Å². The van der Waals surface area contributed by atoms with Crippen LogP contribution in [0.2, 0.25) is 0 Å².